The van der Waals surface area contributed by atoms with Gasteiger partial charge in [0.05, 0.1) is 5.92 Å². The van der Waals surface area contributed by atoms with Crippen LogP contribution in [0, 0.1) is 5.92 Å². The highest BCUT2D eigenvalue weighted by atomic mass is 32.2. The number of nitrogens with one attached hydrogen (secondary N) is 1. The molecule has 7 heteroatoms. The van der Waals surface area contributed by atoms with Crippen LogP contribution in [0.3, 0.4) is 0 Å². The molecule has 0 aromatic heterocycles. The predicted molar refractivity (Wildman–Crippen MR) is 46.6 cm³/mol. The van der Waals surface area contributed by atoms with Crippen molar-refractivity contribution < 1.29 is 13.2 Å². The molecule has 1 amide bonds. The van der Waals surface area contributed by atoms with Crippen LogP contribution in [0.4, 0.5) is 0 Å². The average Bonchev–Trinajstić information content (AvgIpc) is 2.31. The Balaban J connectivity index is 2.64. The first-order chi connectivity index (χ1) is 5.90. The van der Waals surface area contributed by atoms with E-state index in [-0.39, 0.29) is 0 Å². The fourth-order valence-electron chi connectivity index (χ4n) is 1.65. The summed E-state index contributed by atoms with van der Waals surface area (Å²) in [6.45, 7) is 0. The standard InChI is InChI=1S/C6H13N3O3S/c7-6(10)4-2-1-3-5(4)9-13(8,11)12/h4-5,9H,1-3H2,(H2,7,10)(H2,8,11,12). The summed E-state index contributed by atoms with van der Waals surface area (Å²) in [5.41, 5.74) is 5.09. The second-order valence-corrected chi connectivity index (χ2v) is 4.53. The van der Waals surface area contributed by atoms with Gasteiger partial charge in [-0.05, 0) is 12.8 Å². The van der Waals surface area contributed by atoms with Crippen LogP contribution in [0.15, 0.2) is 0 Å². The van der Waals surface area contributed by atoms with Gasteiger partial charge >= 0.3 is 0 Å². The monoisotopic (exact) mass is 207 g/mol. The van der Waals surface area contributed by atoms with E-state index in [2.05, 4.69) is 4.72 Å². The quantitative estimate of drug-likeness (QED) is 0.519. The largest absolute Gasteiger partial charge is 0.369 e. The van der Waals surface area contributed by atoms with Gasteiger partial charge in [0.25, 0.3) is 10.2 Å². The molecule has 0 aliphatic heterocycles. The molecule has 1 aliphatic rings. The maximum atomic E-state index is 10.8. The minimum Gasteiger partial charge on any atom is -0.369 e. The molecule has 6 nitrogen and oxygen atoms in total. The van der Waals surface area contributed by atoms with E-state index in [4.69, 9.17) is 10.9 Å². The van der Waals surface area contributed by atoms with Gasteiger partial charge in [-0.2, -0.15) is 13.1 Å². The normalized spacial score (nSPS) is 29.0. The molecule has 13 heavy (non-hydrogen) atoms. The predicted octanol–water partition coefficient (Wildman–Crippen LogP) is -1.57. The fourth-order valence-corrected chi connectivity index (χ4v) is 2.36. The van der Waals surface area contributed by atoms with Gasteiger partial charge in [-0.1, -0.05) is 6.42 Å². The van der Waals surface area contributed by atoms with Crippen LogP contribution >= 0.6 is 0 Å². The Labute approximate surface area is 76.8 Å². The highest BCUT2D eigenvalue weighted by Crippen LogP contribution is 2.25. The zero-order chi connectivity index (χ0) is 10.1. The Morgan fingerprint density at radius 3 is 2.46 bits per heavy atom. The van der Waals surface area contributed by atoms with E-state index in [9.17, 15) is 13.2 Å². The van der Waals surface area contributed by atoms with Crippen LogP contribution in [0.2, 0.25) is 0 Å². The van der Waals surface area contributed by atoms with Crippen molar-refractivity contribution in [1.82, 2.24) is 4.72 Å². The molecule has 5 N–H and O–H groups in total. The number of hydrogen-bond donors (Lipinski definition) is 3. The molecule has 1 fully saturated rings. The number of rotatable bonds is 3. The highest BCUT2D eigenvalue weighted by Gasteiger charge is 2.33. The number of carbonyl (C=O) groups is 1. The molecule has 2 unspecified atom stereocenters. The molecule has 0 saturated heterocycles. The summed E-state index contributed by atoms with van der Waals surface area (Å²) in [5, 5.41) is 4.79. The van der Waals surface area contributed by atoms with Gasteiger partial charge in [-0.15, -0.1) is 0 Å². The lowest BCUT2D eigenvalue weighted by Gasteiger charge is -2.15. The summed E-state index contributed by atoms with van der Waals surface area (Å²) in [6.07, 6.45) is 2.04. The number of carbonyl (C=O) groups excluding carboxylic acids is 1. The molecule has 1 rings (SSSR count). The Morgan fingerprint density at radius 2 is 2.00 bits per heavy atom. The second kappa shape index (κ2) is 3.60. The molecule has 0 radical (unpaired) electrons. The van der Waals surface area contributed by atoms with Crippen molar-refractivity contribution in [2.75, 3.05) is 0 Å². The third-order valence-corrected chi connectivity index (χ3v) is 2.83. The van der Waals surface area contributed by atoms with Crippen LogP contribution < -0.4 is 15.6 Å². The molecule has 0 aromatic rings. The van der Waals surface area contributed by atoms with Crippen molar-refractivity contribution in [3.05, 3.63) is 0 Å². The molecule has 0 heterocycles. The van der Waals surface area contributed by atoms with Gasteiger partial charge in [0.2, 0.25) is 5.91 Å². The molecular weight excluding hydrogens is 194 g/mol. The van der Waals surface area contributed by atoms with Crippen LogP contribution in [0.1, 0.15) is 19.3 Å². The van der Waals surface area contributed by atoms with Gasteiger partial charge in [-0.25, -0.2) is 5.14 Å². The van der Waals surface area contributed by atoms with E-state index in [0.717, 1.165) is 6.42 Å². The maximum absolute atomic E-state index is 10.8. The Kier molecular flexibility index (Phi) is 2.89. The minimum atomic E-state index is -3.73. The number of nitrogens with two attached hydrogens (primary N) is 2. The first kappa shape index (κ1) is 10.4. The molecule has 0 bridgehead atoms. The summed E-state index contributed by atoms with van der Waals surface area (Å²) >= 11 is 0. The van der Waals surface area contributed by atoms with Crippen molar-refractivity contribution in [2.24, 2.45) is 16.8 Å². The summed E-state index contributed by atoms with van der Waals surface area (Å²) < 4.78 is 23.5. The Hall–Kier alpha value is -0.660. The minimum absolute atomic E-state index is 0.418. The smallest absolute Gasteiger partial charge is 0.274 e. The molecule has 0 aromatic carbocycles. The summed E-state index contributed by atoms with van der Waals surface area (Å²) in [6, 6.07) is -0.424. The van der Waals surface area contributed by atoms with Crippen LogP contribution in [0.5, 0.6) is 0 Å². The van der Waals surface area contributed by atoms with Crippen molar-refractivity contribution >= 4 is 16.1 Å². The van der Waals surface area contributed by atoms with Gasteiger partial charge < -0.3 is 5.73 Å². The summed E-state index contributed by atoms with van der Waals surface area (Å²) in [7, 11) is -3.73. The van der Waals surface area contributed by atoms with Crippen molar-refractivity contribution in [1.29, 1.82) is 0 Å². The van der Waals surface area contributed by atoms with E-state index in [1.165, 1.54) is 0 Å². The maximum Gasteiger partial charge on any atom is 0.274 e. The topological polar surface area (TPSA) is 115 Å². The van der Waals surface area contributed by atoms with Gasteiger partial charge in [0.15, 0.2) is 0 Å². The van der Waals surface area contributed by atoms with Gasteiger partial charge in [-0.3, -0.25) is 4.79 Å². The molecule has 1 saturated carbocycles. The average molecular weight is 207 g/mol. The first-order valence-electron chi connectivity index (χ1n) is 3.99. The van der Waals surface area contributed by atoms with E-state index in [1.807, 2.05) is 0 Å². The lowest BCUT2D eigenvalue weighted by atomic mass is 10.0. The highest BCUT2D eigenvalue weighted by molar-refractivity contribution is 7.87. The third kappa shape index (κ3) is 2.94. The Bertz CT molecular complexity index is 300. The zero-order valence-corrected chi connectivity index (χ0v) is 7.88. The number of primary amides is 1. The zero-order valence-electron chi connectivity index (χ0n) is 7.06. The van der Waals surface area contributed by atoms with Crippen molar-refractivity contribution in [3.63, 3.8) is 0 Å². The molecular formula is C6H13N3O3S. The first-order valence-corrected chi connectivity index (χ1v) is 5.54. The van der Waals surface area contributed by atoms with E-state index >= 15 is 0 Å². The van der Waals surface area contributed by atoms with Gasteiger partial charge in [0.1, 0.15) is 0 Å². The van der Waals surface area contributed by atoms with Crippen LogP contribution in [-0.2, 0) is 15.0 Å². The Morgan fingerprint density at radius 1 is 1.38 bits per heavy atom. The van der Waals surface area contributed by atoms with Crippen LogP contribution in [0.25, 0.3) is 0 Å². The SMILES string of the molecule is NC(=O)C1CCCC1NS(N)(=O)=O. The molecule has 1 aliphatic carbocycles. The lowest BCUT2D eigenvalue weighted by Crippen LogP contribution is -2.44. The fraction of sp³-hybridized carbons (Fsp3) is 0.833. The third-order valence-electron chi connectivity index (χ3n) is 2.20. The molecule has 2 atom stereocenters. The molecule has 76 valence electrons. The molecule has 0 spiro atoms. The number of amides is 1. The van der Waals surface area contributed by atoms with E-state index in [1.54, 1.807) is 0 Å². The summed E-state index contributed by atoms with van der Waals surface area (Å²) in [4.78, 5) is 10.8. The lowest BCUT2D eigenvalue weighted by molar-refractivity contribution is -0.122. The van der Waals surface area contributed by atoms with Gasteiger partial charge in [0, 0.05) is 6.04 Å². The second-order valence-electron chi connectivity index (χ2n) is 3.21. The van der Waals surface area contributed by atoms with Crippen LogP contribution in [-0.4, -0.2) is 20.4 Å². The van der Waals surface area contributed by atoms with Crippen molar-refractivity contribution in [2.45, 2.75) is 25.3 Å². The van der Waals surface area contributed by atoms with E-state index in [0.29, 0.717) is 12.8 Å². The summed E-state index contributed by atoms with van der Waals surface area (Å²) in [5.74, 6) is -0.892. The van der Waals surface area contributed by atoms with E-state index < -0.39 is 28.1 Å². The van der Waals surface area contributed by atoms with Crippen molar-refractivity contribution in [3.8, 4) is 0 Å². The number of hydrogen-bond acceptors (Lipinski definition) is 3.